The summed E-state index contributed by atoms with van der Waals surface area (Å²) in [6, 6.07) is 11.1. The first-order chi connectivity index (χ1) is 8.27. The number of nitrogens with one attached hydrogen (secondary N) is 1. The lowest BCUT2D eigenvalue weighted by Crippen LogP contribution is -2.30. The summed E-state index contributed by atoms with van der Waals surface area (Å²) < 4.78 is 0. The average Bonchev–Trinajstić information content (AvgIpc) is 2.35. The predicted octanol–water partition coefficient (Wildman–Crippen LogP) is 4.26. The lowest BCUT2D eigenvalue weighted by Gasteiger charge is -2.18. The first kappa shape index (κ1) is 14.0. The monoisotopic (exact) mass is 231 g/mol. The first-order valence-corrected chi connectivity index (χ1v) is 6.74. The fourth-order valence-corrected chi connectivity index (χ4v) is 2.01. The second kappa shape index (κ2) is 8.08. The smallest absolute Gasteiger partial charge is 0.0279 e. The standard InChI is InChI=1S/C16H25N/c1-4-9-16(17-12-5-2)14(3)13-15-10-7-6-8-11-15/h6-8,10-11,13,16-17H,4-5,9,12H2,1-3H3/b14-13+. The average molecular weight is 231 g/mol. The van der Waals surface area contributed by atoms with Gasteiger partial charge in [-0.1, -0.05) is 62.2 Å². The highest BCUT2D eigenvalue weighted by Crippen LogP contribution is 2.13. The van der Waals surface area contributed by atoms with Gasteiger partial charge in [0.15, 0.2) is 0 Å². The van der Waals surface area contributed by atoms with E-state index in [0.717, 1.165) is 6.54 Å². The largest absolute Gasteiger partial charge is 0.310 e. The topological polar surface area (TPSA) is 12.0 Å². The molecule has 1 atom stereocenters. The molecule has 94 valence electrons. The molecule has 1 heteroatoms. The van der Waals surface area contributed by atoms with E-state index in [1.807, 2.05) is 0 Å². The third-order valence-corrected chi connectivity index (χ3v) is 2.96. The maximum absolute atomic E-state index is 3.62. The normalized spacial score (nSPS) is 13.7. The van der Waals surface area contributed by atoms with Crippen molar-refractivity contribution in [1.29, 1.82) is 0 Å². The molecule has 0 aliphatic heterocycles. The second-order valence-corrected chi connectivity index (χ2v) is 4.59. The molecule has 0 aliphatic carbocycles. The molecule has 1 unspecified atom stereocenters. The molecule has 0 saturated heterocycles. The molecule has 0 aromatic heterocycles. The molecular formula is C16H25N. The second-order valence-electron chi connectivity index (χ2n) is 4.59. The van der Waals surface area contributed by atoms with Crippen LogP contribution in [-0.2, 0) is 0 Å². The maximum Gasteiger partial charge on any atom is 0.0279 e. The minimum Gasteiger partial charge on any atom is -0.310 e. The van der Waals surface area contributed by atoms with Crippen LogP contribution in [0.2, 0.25) is 0 Å². The highest BCUT2D eigenvalue weighted by atomic mass is 14.9. The van der Waals surface area contributed by atoms with Crippen molar-refractivity contribution in [2.75, 3.05) is 6.54 Å². The Labute approximate surface area is 106 Å². The van der Waals surface area contributed by atoms with E-state index >= 15 is 0 Å². The molecule has 0 saturated carbocycles. The molecule has 0 amide bonds. The molecule has 0 fully saturated rings. The maximum atomic E-state index is 3.62. The van der Waals surface area contributed by atoms with Crippen molar-refractivity contribution in [2.24, 2.45) is 0 Å². The van der Waals surface area contributed by atoms with Gasteiger partial charge >= 0.3 is 0 Å². The van der Waals surface area contributed by atoms with Crippen LogP contribution in [-0.4, -0.2) is 12.6 Å². The molecule has 0 spiro atoms. The van der Waals surface area contributed by atoms with E-state index in [2.05, 4.69) is 62.5 Å². The molecular weight excluding hydrogens is 206 g/mol. The van der Waals surface area contributed by atoms with Crippen LogP contribution in [0.15, 0.2) is 35.9 Å². The van der Waals surface area contributed by atoms with E-state index in [0.29, 0.717) is 6.04 Å². The lowest BCUT2D eigenvalue weighted by molar-refractivity contribution is 0.529. The van der Waals surface area contributed by atoms with Crippen LogP contribution in [0, 0.1) is 0 Å². The minimum absolute atomic E-state index is 0.528. The first-order valence-electron chi connectivity index (χ1n) is 6.74. The minimum atomic E-state index is 0.528. The van der Waals surface area contributed by atoms with Crippen molar-refractivity contribution in [3.05, 3.63) is 41.5 Å². The van der Waals surface area contributed by atoms with Crippen LogP contribution in [0.1, 0.15) is 45.6 Å². The Hall–Kier alpha value is -1.08. The van der Waals surface area contributed by atoms with Crippen LogP contribution in [0.25, 0.3) is 6.08 Å². The fraction of sp³-hybridized carbons (Fsp3) is 0.500. The van der Waals surface area contributed by atoms with Crippen LogP contribution >= 0.6 is 0 Å². The Kier molecular flexibility index (Phi) is 6.64. The molecule has 1 rings (SSSR count). The van der Waals surface area contributed by atoms with Crippen molar-refractivity contribution in [1.82, 2.24) is 5.32 Å². The third-order valence-electron chi connectivity index (χ3n) is 2.96. The Morgan fingerprint density at radius 2 is 1.88 bits per heavy atom. The van der Waals surface area contributed by atoms with E-state index < -0.39 is 0 Å². The summed E-state index contributed by atoms with van der Waals surface area (Å²) in [4.78, 5) is 0. The van der Waals surface area contributed by atoms with Gasteiger partial charge in [0, 0.05) is 6.04 Å². The zero-order valence-corrected chi connectivity index (χ0v) is 11.4. The highest BCUT2D eigenvalue weighted by molar-refractivity contribution is 5.53. The number of hydrogen-bond acceptors (Lipinski definition) is 1. The van der Waals surface area contributed by atoms with Gasteiger partial charge in [-0.2, -0.15) is 0 Å². The fourth-order valence-electron chi connectivity index (χ4n) is 2.01. The van der Waals surface area contributed by atoms with Gasteiger partial charge in [-0.05, 0) is 31.9 Å². The molecule has 1 aromatic rings. The summed E-state index contributed by atoms with van der Waals surface area (Å²) in [6.07, 6.45) is 5.93. The number of rotatable bonds is 7. The number of benzene rings is 1. The van der Waals surface area contributed by atoms with Crippen LogP contribution in [0.4, 0.5) is 0 Å². The predicted molar refractivity (Wildman–Crippen MR) is 77.1 cm³/mol. The summed E-state index contributed by atoms with van der Waals surface area (Å²) in [5.74, 6) is 0. The Bertz CT molecular complexity index is 327. The molecule has 0 bridgehead atoms. The highest BCUT2D eigenvalue weighted by Gasteiger charge is 2.08. The summed E-state index contributed by atoms with van der Waals surface area (Å²) in [5.41, 5.74) is 2.73. The molecule has 0 heterocycles. The molecule has 17 heavy (non-hydrogen) atoms. The summed E-state index contributed by atoms with van der Waals surface area (Å²) in [7, 11) is 0. The van der Waals surface area contributed by atoms with Gasteiger partial charge in [0.1, 0.15) is 0 Å². The Balaban J connectivity index is 2.69. The van der Waals surface area contributed by atoms with E-state index in [1.165, 1.54) is 30.4 Å². The summed E-state index contributed by atoms with van der Waals surface area (Å²) in [6.45, 7) is 7.79. The van der Waals surface area contributed by atoms with E-state index in [-0.39, 0.29) is 0 Å². The van der Waals surface area contributed by atoms with Gasteiger partial charge in [-0.15, -0.1) is 0 Å². The van der Waals surface area contributed by atoms with Gasteiger partial charge in [0.05, 0.1) is 0 Å². The van der Waals surface area contributed by atoms with Crippen LogP contribution in [0.5, 0.6) is 0 Å². The number of hydrogen-bond donors (Lipinski definition) is 1. The third kappa shape index (κ3) is 5.18. The lowest BCUT2D eigenvalue weighted by atomic mass is 10.0. The SMILES string of the molecule is CCCNC(CCC)/C(C)=C/c1ccccc1. The zero-order valence-electron chi connectivity index (χ0n) is 11.4. The molecule has 0 radical (unpaired) electrons. The van der Waals surface area contributed by atoms with E-state index in [4.69, 9.17) is 0 Å². The van der Waals surface area contributed by atoms with Crippen molar-refractivity contribution in [3.63, 3.8) is 0 Å². The van der Waals surface area contributed by atoms with Crippen LogP contribution in [0.3, 0.4) is 0 Å². The summed E-state index contributed by atoms with van der Waals surface area (Å²) >= 11 is 0. The Morgan fingerprint density at radius 3 is 2.47 bits per heavy atom. The molecule has 1 nitrogen and oxygen atoms in total. The molecule has 1 aromatic carbocycles. The van der Waals surface area contributed by atoms with Crippen molar-refractivity contribution >= 4 is 6.08 Å². The van der Waals surface area contributed by atoms with Gasteiger partial charge in [-0.3, -0.25) is 0 Å². The van der Waals surface area contributed by atoms with Crippen LogP contribution < -0.4 is 5.32 Å². The van der Waals surface area contributed by atoms with Gasteiger partial charge in [0.25, 0.3) is 0 Å². The quantitative estimate of drug-likeness (QED) is 0.739. The van der Waals surface area contributed by atoms with Crippen molar-refractivity contribution in [3.8, 4) is 0 Å². The van der Waals surface area contributed by atoms with Crippen molar-refractivity contribution in [2.45, 2.75) is 46.1 Å². The molecule has 0 aliphatic rings. The van der Waals surface area contributed by atoms with Gasteiger partial charge in [-0.25, -0.2) is 0 Å². The Morgan fingerprint density at radius 1 is 1.18 bits per heavy atom. The van der Waals surface area contributed by atoms with E-state index in [9.17, 15) is 0 Å². The summed E-state index contributed by atoms with van der Waals surface area (Å²) in [5, 5.41) is 3.62. The zero-order chi connectivity index (χ0) is 12.5. The van der Waals surface area contributed by atoms with Crippen molar-refractivity contribution < 1.29 is 0 Å². The van der Waals surface area contributed by atoms with E-state index in [1.54, 1.807) is 0 Å². The van der Waals surface area contributed by atoms with Gasteiger partial charge in [0.2, 0.25) is 0 Å². The molecule has 1 N–H and O–H groups in total. The van der Waals surface area contributed by atoms with Gasteiger partial charge < -0.3 is 5.32 Å².